The van der Waals surface area contributed by atoms with Crippen molar-refractivity contribution in [2.75, 3.05) is 6.54 Å². The molecule has 0 bridgehead atoms. The molecule has 0 radical (unpaired) electrons. The lowest BCUT2D eigenvalue weighted by atomic mass is 9.85. The Hall–Kier alpha value is -1.60. The van der Waals surface area contributed by atoms with Gasteiger partial charge in [-0.15, -0.1) is 5.10 Å². The van der Waals surface area contributed by atoms with Crippen molar-refractivity contribution in [2.45, 2.75) is 63.3 Å². The molecule has 0 amide bonds. The van der Waals surface area contributed by atoms with E-state index in [-0.39, 0.29) is 17.6 Å². The maximum Gasteiger partial charge on any atom is 0.192 e. The Morgan fingerprint density at radius 3 is 2.79 bits per heavy atom. The molecule has 4 N–H and O–H groups in total. The summed E-state index contributed by atoms with van der Waals surface area (Å²) in [5.41, 5.74) is 1.67. The number of aliphatic hydroxyl groups is 1. The number of benzene rings is 1. The van der Waals surface area contributed by atoms with Crippen molar-refractivity contribution >= 4 is 8.03 Å². The lowest BCUT2D eigenvalue weighted by Crippen LogP contribution is -2.33. The highest BCUT2D eigenvalue weighted by Crippen LogP contribution is 2.40. The lowest BCUT2D eigenvalue weighted by molar-refractivity contribution is 0.144. The summed E-state index contributed by atoms with van der Waals surface area (Å²) in [6.45, 7) is 2.41. The summed E-state index contributed by atoms with van der Waals surface area (Å²) >= 11 is 0. The fourth-order valence-corrected chi connectivity index (χ4v) is 5.29. The predicted octanol–water partition coefficient (Wildman–Crippen LogP) is 2.68. The molecule has 1 saturated carbocycles. The molecule has 9 heteroatoms. The van der Waals surface area contributed by atoms with Crippen LogP contribution >= 0.6 is 8.03 Å². The van der Waals surface area contributed by atoms with Gasteiger partial charge in [-0.1, -0.05) is 37.5 Å². The molecule has 2 aromatic rings. The molecule has 1 aromatic heterocycles. The Morgan fingerprint density at radius 2 is 2.11 bits per heavy atom. The standard InChI is InChI=1S/C19H30N5O3P/c1-13(15-8-5-9-16(10-15)19-21-23-24-22-19)20-12-17(25)11-18(28(26)27)14-6-3-2-4-7-14/h5,8-10,13-14,17-18,20,25,28H,2-4,6-7,11-12H2,1H3,(H,26,27)(H,21,22,23,24)/t13?,17-,18?/m0/s1. The number of H-pyrrole nitrogens is 1. The number of hydrogen-bond acceptors (Lipinski definition) is 6. The van der Waals surface area contributed by atoms with E-state index in [1.165, 1.54) is 6.42 Å². The summed E-state index contributed by atoms with van der Waals surface area (Å²) in [4.78, 5) is 9.79. The van der Waals surface area contributed by atoms with Crippen LogP contribution in [0, 0.1) is 5.92 Å². The summed E-state index contributed by atoms with van der Waals surface area (Å²) in [6.07, 6.45) is 5.20. The van der Waals surface area contributed by atoms with Gasteiger partial charge in [-0.2, -0.15) is 0 Å². The average Bonchev–Trinajstić information content (AvgIpc) is 3.25. The zero-order valence-electron chi connectivity index (χ0n) is 16.2. The van der Waals surface area contributed by atoms with Crippen molar-refractivity contribution in [3.05, 3.63) is 29.8 Å². The van der Waals surface area contributed by atoms with E-state index in [2.05, 4.69) is 25.9 Å². The summed E-state index contributed by atoms with van der Waals surface area (Å²) in [5.74, 6) is 0.877. The molecule has 0 spiro atoms. The third-order valence-corrected chi connectivity index (χ3v) is 7.07. The highest BCUT2D eigenvalue weighted by Gasteiger charge is 2.29. The first-order chi connectivity index (χ1) is 13.5. The minimum Gasteiger partial charge on any atom is -0.392 e. The molecule has 0 saturated heterocycles. The van der Waals surface area contributed by atoms with Crippen LogP contribution in [-0.4, -0.2) is 48.9 Å². The number of aliphatic hydroxyl groups excluding tert-OH is 1. The minimum atomic E-state index is -2.65. The van der Waals surface area contributed by atoms with E-state index in [4.69, 9.17) is 0 Å². The van der Waals surface area contributed by atoms with Crippen LogP contribution < -0.4 is 5.32 Å². The Kier molecular flexibility index (Phi) is 7.73. The van der Waals surface area contributed by atoms with Crippen LogP contribution in [0.5, 0.6) is 0 Å². The molecule has 3 unspecified atom stereocenters. The van der Waals surface area contributed by atoms with Crippen LogP contribution in [0.15, 0.2) is 24.3 Å². The van der Waals surface area contributed by atoms with Crippen molar-refractivity contribution in [1.82, 2.24) is 25.9 Å². The van der Waals surface area contributed by atoms with Gasteiger partial charge >= 0.3 is 0 Å². The van der Waals surface area contributed by atoms with E-state index in [0.29, 0.717) is 18.8 Å². The number of nitrogens with one attached hydrogen (secondary N) is 2. The number of hydrogen-bond donors (Lipinski definition) is 4. The second-order valence-corrected chi connectivity index (χ2v) is 9.16. The first kappa shape index (κ1) is 21.1. The van der Waals surface area contributed by atoms with Crippen LogP contribution in [0.4, 0.5) is 0 Å². The van der Waals surface area contributed by atoms with Gasteiger partial charge in [-0.25, -0.2) is 5.10 Å². The van der Waals surface area contributed by atoms with Gasteiger partial charge in [0.2, 0.25) is 0 Å². The van der Waals surface area contributed by atoms with E-state index in [9.17, 15) is 14.6 Å². The highest BCUT2D eigenvalue weighted by molar-refractivity contribution is 7.38. The summed E-state index contributed by atoms with van der Waals surface area (Å²) in [5, 5.41) is 27.7. The fraction of sp³-hybridized carbons (Fsp3) is 0.632. The van der Waals surface area contributed by atoms with Crippen molar-refractivity contribution in [1.29, 1.82) is 0 Å². The molecule has 4 atom stereocenters. The lowest BCUT2D eigenvalue weighted by Gasteiger charge is -2.30. The zero-order valence-corrected chi connectivity index (χ0v) is 17.2. The number of aromatic amines is 1. The van der Waals surface area contributed by atoms with Crippen molar-refractivity contribution < 1.29 is 14.6 Å². The second-order valence-electron chi connectivity index (χ2n) is 7.74. The average molecular weight is 407 g/mol. The molecule has 1 aliphatic rings. The number of tetrazole rings is 1. The quantitative estimate of drug-likeness (QED) is 0.471. The molecule has 1 fully saturated rings. The monoisotopic (exact) mass is 407 g/mol. The number of nitrogens with zero attached hydrogens (tertiary/aromatic N) is 3. The Labute approximate surface area is 166 Å². The van der Waals surface area contributed by atoms with E-state index >= 15 is 0 Å². The van der Waals surface area contributed by atoms with Crippen LogP contribution in [0.2, 0.25) is 0 Å². The van der Waals surface area contributed by atoms with E-state index < -0.39 is 14.1 Å². The molecule has 1 heterocycles. The van der Waals surface area contributed by atoms with Gasteiger partial charge < -0.3 is 15.3 Å². The largest absolute Gasteiger partial charge is 0.392 e. The molecule has 8 nitrogen and oxygen atoms in total. The van der Waals surface area contributed by atoms with Gasteiger partial charge in [-0.3, -0.25) is 4.57 Å². The molecule has 1 aromatic carbocycles. The third kappa shape index (κ3) is 5.70. The van der Waals surface area contributed by atoms with Gasteiger partial charge in [0.05, 0.1) is 6.10 Å². The first-order valence-electron chi connectivity index (χ1n) is 10.0. The molecule has 3 rings (SSSR count). The van der Waals surface area contributed by atoms with Gasteiger partial charge in [0, 0.05) is 23.8 Å². The van der Waals surface area contributed by atoms with Gasteiger partial charge in [0.25, 0.3) is 0 Å². The predicted molar refractivity (Wildman–Crippen MR) is 108 cm³/mol. The fourth-order valence-electron chi connectivity index (χ4n) is 4.08. The van der Waals surface area contributed by atoms with Crippen molar-refractivity contribution in [3.63, 3.8) is 0 Å². The Bertz CT molecular complexity index is 752. The maximum absolute atomic E-state index is 11.9. The Balaban J connectivity index is 1.54. The molecular formula is C19H30N5O3P. The summed E-state index contributed by atoms with van der Waals surface area (Å²) in [6, 6.07) is 7.91. The van der Waals surface area contributed by atoms with Gasteiger partial charge in [0.15, 0.2) is 13.9 Å². The summed E-state index contributed by atoms with van der Waals surface area (Å²) in [7, 11) is -2.65. The Morgan fingerprint density at radius 1 is 1.32 bits per heavy atom. The van der Waals surface area contributed by atoms with Crippen molar-refractivity contribution in [3.8, 4) is 11.4 Å². The zero-order chi connectivity index (χ0) is 19.9. The maximum atomic E-state index is 11.9. The van der Waals surface area contributed by atoms with Gasteiger partial charge in [-0.05, 0) is 54.2 Å². The SMILES string of the molecule is CC(NC[C@@H](O)CC(C1CCCCC1)[PH](=O)O)c1cccc(-c2nnn[nH]2)c1. The summed E-state index contributed by atoms with van der Waals surface area (Å²) < 4.78 is 11.9. The third-order valence-electron chi connectivity index (χ3n) is 5.73. The van der Waals surface area contributed by atoms with E-state index in [1.807, 2.05) is 31.2 Å². The van der Waals surface area contributed by atoms with E-state index in [1.54, 1.807) is 0 Å². The van der Waals surface area contributed by atoms with E-state index in [0.717, 1.165) is 36.8 Å². The minimum absolute atomic E-state index is 0.0183. The molecule has 154 valence electrons. The van der Waals surface area contributed by atoms with Crippen LogP contribution in [0.3, 0.4) is 0 Å². The van der Waals surface area contributed by atoms with Crippen LogP contribution in [0.1, 0.15) is 57.1 Å². The second kappa shape index (κ2) is 10.3. The smallest absolute Gasteiger partial charge is 0.192 e. The normalized spacial score (nSPS) is 19.8. The number of rotatable bonds is 9. The molecular weight excluding hydrogens is 377 g/mol. The van der Waals surface area contributed by atoms with Gasteiger partial charge in [0.1, 0.15) is 0 Å². The number of aromatic nitrogens is 4. The molecule has 28 heavy (non-hydrogen) atoms. The van der Waals surface area contributed by atoms with Crippen LogP contribution in [-0.2, 0) is 4.57 Å². The highest BCUT2D eigenvalue weighted by atomic mass is 31.1. The molecule has 1 aliphatic carbocycles. The first-order valence-corrected chi connectivity index (χ1v) is 11.5. The topological polar surface area (TPSA) is 124 Å². The van der Waals surface area contributed by atoms with Crippen LogP contribution in [0.25, 0.3) is 11.4 Å². The van der Waals surface area contributed by atoms with Crippen molar-refractivity contribution in [2.24, 2.45) is 5.92 Å². The molecule has 0 aliphatic heterocycles.